The predicted molar refractivity (Wildman–Crippen MR) is 69.2 cm³/mol. The first kappa shape index (κ1) is 12.2. The second-order valence-electron chi connectivity index (χ2n) is 3.67. The third-order valence-electron chi connectivity index (χ3n) is 2.54. The summed E-state index contributed by atoms with van der Waals surface area (Å²) >= 11 is 0. The highest BCUT2D eigenvalue weighted by Gasteiger charge is 2.09. The smallest absolute Gasteiger partial charge is 0.146 e. The van der Waals surface area contributed by atoms with Crippen LogP contribution in [-0.2, 0) is 0 Å². The Morgan fingerprint density at radius 1 is 0.889 bits per heavy atom. The van der Waals surface area contributed by atoms with E-state index in [1.54, 1.807) is 26.4 Å². The minimum Gasteiger partial charge on any atom is -0.494 e. The second kappa shape index (κ2) is 5.40. The van der Waals surface area contributed by atoms with Crippen molar-refractivity contribution in [2.45, 2.75) is 0 Å². The molecule has 0 amide bonds. The Morgan fingerprint density at radius 2 is 1.44 bits per heavy atom. The molecular weight excluding hydrogens is 233 g/mol. The molecule has 0 fully saturated rings. The fourth-order valence-corrected chi connectivity index (χ4v) is 1.65. The molecule has 0 aliphatic rings. The lowest BCUT2D eigenvalue weighted by Gasteiger charge is -2.14. The quantitative estimate of drug-likeness (QED) is 0.895. The number of methoxy groups -OCH3 is 2. The molecule has 0 radical (unpaired) electrons. The molecular formula is C14H14FNO2. The van der Waals surface area contributed by atoms with Gasteiger partial charge in [-0.25, -0.2) is 4.39 Å². The van der Waals surface area contributed by atoms with E-state index in [2.05, 4.69) is 5.32 Å². The van der Waals surface area contributed by atoms with E-state index in [0.717, 1.165) is 5.69 Å². The summed E-state index contributed by atoms with van der Waals surface area (Å²) in [6.45, 7) is 0. The van der Waals surface area contributed by atoms with Gasteiger partial charge in [0, 0.05) is 5.69 Å². The standard InChI is InChI=1S/C14H14FNO2/c1-17-12-4-3-5-13(18-2)14(12)16-11-8-6-10(15)7-9-11/h3-9,16H,1-2H3. The Morgan fingerprint density at radius 3 is 1.94 bits per heavy atom. The second-order valence-corrected chi connectivity index (χ2v) is 3.67. The van der Waals surface area contributed by atoms with E-state index in [9.17, 15) is 4.39 Å². The van der Waals surface area contributed by atoms with Crippen LogP contribution in [0.1, 0.15) is 0 Å². The molecule has 1 N–H and O–H groups in total. The molecule has 0 atom stereocenters. The molecule has 3 nitrogen and oxygen atoms in total. The first-order chi connectivity index (χ1) is 8.74. The van der Waals surface area contributed by atoms with Crippen LogP contribution < -0.4 is 14.8 Å². The highest BCUT2D eigenvalue weighted by atomic mass is 19.1. The molecule has 0 unspecified atom stereocenters. The van der Waals surface area contributed by atoms with Gasteiger partial charge in [-0.2, -0.15) is 0 Å². The Balaban J connectivity index is 2.35. The number of rotatable bonds is 4. The van der Waals surface area contributed by atoms with Crippen molar-refractivity contribution in [2.24, 2.45) is 0 Å². The molecule has 4 heteroatoms. The van der Waals surface area contributed by atoms with Crippen LogP contribution >= 0.6 is 0 Å². The number of hydrogen-bond donors (Lipinski definition) is 1. The lowest BCUT2D eigenvalue weighted by Crippen LogP contribution is -1.98. The average molecular weight is 247 g/mol. The third-order valence-corrected chi connectivity index (χ3v) is 2.54. The van der Waals surface area contributed by atoms with Gasteiger partial charge in [-0.05, 0) is 36.4 Å². The summed E-state index contributed by atoms with van der Waals surface area (Å²) in [5.74, 6) is 1.06. The van der Waals surface area contributed by atoms with Crippen molar-refractivity contribution in [3.05, 3.63) is 48.3 Å². The Kier molecular flexibility index (Phi) is 3.67. The first-order valence-corrected chi connectivity index (χ1v) is 5.48. The van der Waals surface area contributed by atoms with Crippen LogP contribution in [0.3, 0.4) is 0 Å². The van der Waals surface area contributed by atoms with Gasteiger partial charge >= 0.3 is 0 Å². The first-order valence-electron chi connectivity index (χ1n) is 5.48. The molecule has 2 rings (SSSR count). The van der Waals surface area contributed by atoms with Crippen LogP contribution in [-0.4, -0.2) is 14.2 Å². The summed E-state index contributed by atoms with van der Waals surface area (Å²) < 4.78 is 23.4. The average Bonchev–Trinajstić information content (AvgIpc) is 2.41. The van der Waals surface area contributed by atoms with Crippen molar-refractivity contribution in [2.75, 3.05) is 19.5 Å². The molecule has 0 bridgehead atoms. The summed E-state index contributed by atoms with van der Waals surface area (Å²) in [5, 5.41) is 3.15. The molecule has 0 aliphatic heterocycles. The lowest BCUT2D eigenvalue weighted by atomic mass is 10.2. The summed E-state index contributed by atoms with van der Waals surface area (Å²) in [5.41, 5.74) is 1.48. The number of nitrogens with one attached hydrogen (secondary N) is 1. The zero-order valence-corrected chi connectivity index (χ0v) is 10.2. The minimum atomic E-state index is -0.271. The SMILES string of the molecule is COc1cccc(OC)c1Nc1ccc(F)cc1. The number of anilines is 2. The lowest BCUT2D eigenvalue weighted by molar-refractivity contribution is 0.398. The van der Waals surface area contributed by atoms with Crippen molar-refractivity contribution >= 4 is 11.4 Å². The maximum atomic E-state index is 12.8. The fraction of sp³-hybridized carbons (Fsp3) is 0.143. The normalized spacial score (nSPS) is 9.94. The van der Waals surface area contributed by atoms with Gasteiger partial charge in [-0.15, -0.1) is 0 Å². The zero-order valence-electron chi connectivity index (χ0n) is 10.2. The molecule has 0 aliphatic carbocycles. The van der Waals surface area contributed by atoms with Crippen molar-refractivity contribution in [1.82, 2.24) is 0 Å². The number of ether oxygens (including phenoxy) is 2. The van der Waals surface area contributed by atoms with E-state index in [4.69, 9.17) is 9.47 Å². The summed E-state index contributed by atoms with van der Waals surface area (Å²) in [7, 11) is 3.18. The van der Waals surface area contributed by atoms with Crippen molar-refractivity contribution < 1.29 is 13.9 Å². The van der Waals surface area contributed by atoms with Crippen molar-refractivity contribution in [1.29, 1.82) is 0 Å². The van der Waals surface area contributed by atoms with Gasteiger partial charge in [0.1, 0.15) is 23.0 Å². The molecule has 2 aromatic carbocycles. The maximum absolute atomic E-state index is 12.8. The van der Waals surface area contributed by atoms with E-state index in [-0.39, 0.29) is 5.82 Å². The molecule has 18 heavy (non-hydrogen) atoms. The van der Waals surface area contributed by atoms with E-state index in [1.165, 1.54) is 12.1 Å². The van der Waals surface area contributed by atoms with E-state index < -0.39 is 0 Å². The van der Waals surface area contributed by atoms with Gasteiger partial charge in [-0.3, -0.25) is 0 Å². The minimum absolute atomic E-state index is 0.271. The van der Waals surface area contributed by atoms with E-state index >= 15 is 0 Å². The Hall–Kier alpha value is -2.23. The number of halogens is 1. The highest BCUT2D eigenvalue weighted by Crippen LogP contribution is 2.36. The number of hydrogen-bond acceptors (Lipinski definition) is 3. The summed E-state index contributed by atoms with van der Waals surface area (Å²) in [4.78, 5) is 0. The molecule has 0 aromatic heterocycles. The zero-order chi connectivity index (χ0) is 13.0. The molecule has 0 saturated heterocycles. The third kappa shape index (κ3) is 2.53. The Labute approximate surface area is 105 Å². The van der Waals surface area contributed by atoms with Gasteiger partial charge in [0.15, 0.2) is 0 Å². The molecule has 0 heterocycles. The van der Waals surface area contributed by atoms with Crippen LogP contribution in [0.2, 0.25) is 0 Å². The van der Waals surface area contributed by atoms with Crippen LogP contribution in [0.5, 0.6) is 11.5 Å². The number of benzene rings is 2. The van der Waals surface area contributed by atoms with Gasteiger partial charge in [0.25, 0.3) is 0 Å². The Bertz CT molecular complexity index is 504. The van der Waals surface area contributed by atoms with Gasteiger partial charge in [0.2, 0.25) is 0 Å². The molecule has 0 saturated carbocycles. The molecule has 94 valence electrons. The van der Waals surface area contributed by atoms with Gasteiger partial charge < -0.3 is 14.8 Å². The molecule has 2 aromatic rings. The fourth-order valence-electron chi connectivity index (χ4n) is 1.65. The summed E-state index contributed by atoms with van der Waals surface area (Å²) in [6, 6.07) is 11.6. The maximum Gasteiger partial charge on any atom is 0.146 e. The van der Waals surface area contributed by atoms with Crippen molar-refractivity contribution in [3.63, 3.8) is 0 Å². The van der Waals surface area contributed by atoms with E-state index in [1.807, 2.05) is 18.2 Å². The highest BCUT2D eigenvalue weighted by molar-refractivity contribution is 5.72. The van der Waals surface area contributed by atoms with Crippen LogP contribution in [0.4, 0.5) is 15.8 Å². The molecule has 0 spiro atoms. The van der Waals surface area contributed by atoms with E-state index in [0.29, 0.717) is 17.2 Å². The predicted octanol–water partition coefficient (Wildman–Crippen LogP) is 3.59. The van der Waals surface area contributed by atoms with Crippen LogP contribution in [0, 0.1) is 5.82 Å². The topological polar surface area (TPSA) is 30.5 Å². The summed E-state index contributed by atoms with van der Waals surface area (Å²) in [6.07, 6.45) is 0. The monoisotopic (exact) mass is 247 g/mol. The van der Waals surface area contributed by atoms with Gasteiger partial charge in [0.05, 0.1) is 14.2 Å². The largest absolute Gasteiger partial charge is 0.494 e. The number of para-hydroxylation sites is 1. The van der Waals surface area contributed by atoms with Crippen LogP contribution in [0.15, 0.2) is 42.5 Å². The van der Waals surface area contributed by atoms with Crippen LogP contribution in [0.25, 0.3) is 0 Å². The van der Waals surface area contributed by atoms with Crippen molar-refractivity contribution in [3.8, 4) is 11.5 Å². The van der Waals surface area contributed by atoms with Gasteiger partial charge in [-0.1, -0.05) is 6.07 Å².